The number of fused-ring (bicyclic) bond motifs is 2. The molecule has 1 aromatic carbocycles. The summed E-state index contributed by atoms with van der Waals surface area (Å²) in [4.78, 5) is 11.9. The van der Waals surface area contributed by atoms with Gasteiger partial charge in [-0.05, 0) is 41.7 Å². The van der Waals surface area contributed by atoms with E-state index < -0.39 is 6.29 Å². The summed E-state index contributed by atoms with van der Waals surface area (Å²) >= 11 is 5.47. The molecule has 3 heterocycles. The summed E-state index contributed by atoms with van der Waals surface area (Å²) in [6, 6.07) is 7.57. The van der Waals surface area contributed by atoms with Crippen LogP contribution in [-0.2, 0) is 14.3 Å². The zero-order valence-electron chi connectivity index (χ0n) is 11.9. The third-order valence-corrected chi connectivity index (χ3v) is 4.37. The van der Waals surface area contributed by atoms with E-state index in [9.17, 15) is 4.79 Å². The van der Waals surface area contributed by atoms with Gasteiger partial charge in [0.15, 0.2) is 5.78 Å². The van der Waals surface area contributed by atoms with Crippen LogP contribution in [0.2, 0.25) is 0 Å². The summed E-state index contributed by atoms with van der Waals surface area (Å²) in [5.41, 5.74) is 1.99. The van der Waals surface area contributed by atoms with Crippen molar-refractivity contribution in [2.45, 2.75) is 31.8 Å². The number of aryl methyl sites for hydroxylation is 1. The number of rotatable bonds is 2. The highest BCUT2D eigenvalue weighted by atomic mass is 32.1. The maximum atomic E-state index is 11.9. The van der Waals surface area contributed by atoms with Gasteiger partial charge in [0.2, 0.25) is 11.1 Å². The Morgan fingerprint density at radius 3 is 2.82 bits per heavy atom. The minimum atomic E-state index is -0.720. The van der Waals surface area contributed by atoms with Crippen molar-refractivity contribution in [2.24, 2.45) is 0 Å². The van der Waals surface area contributed by atoms with Crippen molar-refractivity contribution in [1.29, 1.82) is 0 Å². The fourth-order valence-electron chi connectivity index (χ4n) is 2.78. The first-order valence-corrected chi connectivity index (χ1v) is 7.45. The molecule has 2 fully saturated rings. The van der Waals surface area contributed by atoms with Crippen LogP contribution >= 0.6 is 12.2 Å². The van der Waals surface area contributed by atoms with E-state index in [0.717, 1.165) is 11.3 Å². The van der Waals surface area contributed by atoms with Crippen molar-refractivity contribution < 1.29 is 14.3 Å². The number of Topliss-reactive ketones (excluding diaryl/α,β-unsaturated/α-hetero) is 1. The van der Waals surface area contributed by atoms with Crippen molar-refractivity contribution in [1.82, 2.24) is 19.8 Å². The molecule has 2 aliphatic rings. The third kappa shape index (κ3) is 2.11. The van der Waals surface area contributed by atoms with Crippen LogP contribution in [0.1, 0.15) is 18.0 Å². The van der Waals surface area contributed by atoms with Gasteiger partial charge in [-0.2, -0.15) is 4.68 Å². The predicted octanol–water partition coefficient (Wildman–Crippen LogP) is 1.36. The van der Waals surface area contributed by atoms with Crippen LogP contribution in [0.15, 0.2) is 24.3 Å². The summed E-state index contributed by atoms with van der Waals surface area (Å²) in [7, 11) is 0. The van der Waals surface area contributed by atoms with Crippen LogP contribution in [0.5, 0.6) is 0 Å². The van der Waals surface area contributed by atoms with Gasteiger partial charge in [0.25, 0.3) is 0 Å². The molecule has 22 heavy (non-hydrogen) atoms. The average molecular weight is 318 g/mol. The van der Waals surface area contributed by atoms with E-state index >= 15 is 0 Å². The van der Waals surface area contributed by atoms with Gasteiger partial charge in [0.05, 0.1) is 18.3 Å². The molecule has 0 aliphatic carbocycles. The number of nitrogens with zero attached hydrogens (tertiary/aromatic N) is 4. The summed E-state index contributed by atoms with van der Waals surface area (Å²) in [5.74, 6) is -0.0782. The van der Waals surface area contributed by atoms with Gasteiger partial charge in [-0.25, -0.2) is 4.68 Å². The van der Waals surface area contributed by atoms with E-state index in [1.54, 1.807) is 9.36 Å². The second kappa shape index (κ2) is 5.08. The van der Waals surface area contributed by atoms with Crippen LogP contribution in [0.25, 0.3) is 5.69 Å². The number of hydrogen-bond acceptors (Lipinski definition) is 6. The molecule has 7 nitrogen and oxygen atoms in total. The van der Waals surface area contributed by atoms with Crippen LogP contribution in [0.4, 0.5) is 0 Å². The third-order valence-electron chi connectivity index (χ3n) is 4.01. The first-order valence-electron chi connectivity index (χ1n) is 7.05. The van der Waals surface area contributed by atoms with Gasteiger partial charge in [0, 0.05) is 6.42 Å². The van der Waals surface area contributed by atoms with E-state index in [1.807, 2.05) is 31.2 Å². The Bertz CT molecular complexity index is 782. The van der Waals surface area contributed by atoms with Crippen LogP contribution < -0.4 is 0 Å². The largest absolute Gasteiger partial charge is 0.343 e. The number of aromatic nitrogens is 4. The molecule has 2 aliphatic heterocycles. The number of benzene rings is 1. The van der Waals surface area contributed by atoms with Crippen LogP contribution in [0.3, 0.4) is 0 Å². The van der Waals surface area contributed by atoms with Crippen molar-refractivity contribution in [2.75, 3.05) is 6.61 Å². The predicted molar refractivity (Wildman–Crippen MR) is 78.2 cm³/mol. The maximum absolute atomic E-state index is 11.9. The molecule has 0 amide bonds. The molecule has 4 rings (SSSR count). The number of carbonyl (C=O) groups is 1. The van der Waals surface area contributed by atoms with Crippen molar-refractivity contribution in [3.05, 3.63) is 34.6 Å². The van der Waals surface area contributed by atoms with Gasteiger partial charge in [-0.1, -0.05) is 17.7 Å². The average Bonchev–Trinajstić information content (AvgIpc) is 3.10. The molecule has 2 saturated heterocycles. The summed E-state index contributed by atoms with van der Waals surface area (Å²) in [6.45, 7) is 2.39. The van der Waals surface area contributed by atoms with E-state index in [1.165, 1.54) is 0 Å². The zero-order chi connectivity index (χ0) is 15.3. The lowest BCUT2D eigenvalue weighted by atomic mass is 10.0. The molecule has 0 unspecified atom stereocenters. The molecular weight excluding hydrogens is 304 g/mol. The molecule has 0 N–H and O–H groups in total. The Morgan fingerprint density at radius 2 is 2.05 bits per heavy atom. The van der Waals surface area contributed by atoms with Crippen molar-refractivity contribution in [3.8, 4) is 5.69 Å². The van der Waals surface area contributed by atoms with Crippen molar-refractivity contribution in [3.63, 3.8) is 0 Å². The molecule has 2 aromatic rings. The lowest BCUT2D eigenvalue weighted by molar-refractivity contribution is -0.156. The number of ketones is 1. The number of tetrazole rings is 1. The Kier molecular flexibility index (Phi) is 3.17. The topological polar surface area (TPSA) is 71.2 Å². The van der Waals surface area contributed by atoms with Gasteiger partial charge in [0.1, 0.15) is 6.10 Å². The molecule has 114 valence electrons. The van der Waals surface area contributed by atoms with E-state index in [2.05, 4.69) is 10.4 Å². The quantitative estimate of drug-likeness (QED) is 0.779. The van der Waals surface area contributed by atoms with E-state index in [-0.39, 0.29) is 17.9 Å². The van der Waals surface area contributed by atoms with E-state index in [4.69, 9.17) is 21.7 Å². The first-order chi connectivity index (χ1) is 10.6. The minimum absolute atomic E-state index is 0.0782. The Hall–Kier alpha value is -1.90. The molecule has 0 saturated carbocycles. The molecule has 0 radical (unpaired) electrons. The molecule has 1 aromatic heterocycles. The summed E-state index contributed by atoms with van der Waals surface area (Å²) in [5, 5.41) is 8.24. The first kappa shape index (κ1) is 13.7. The minimum Gasteiger partial charge on any atom is -0.343 e. The van der Waals surface area contributed by atoms with Gasteiger partial charge < -0.3 is 9.47 Å². The van der Waals surface area contributed by atoms with Gasteiger partial charge in [-0.15, -0.1) is 0 Å². The summed E-state index contributed by atoms with van der Waals surface area (Å²) < 4.78 is 14.5. The van der Waals surface area contributed by atoms with Crippen LogP contribution in [0, 0.1) is 11.7 Å². The SMILES string of the molecule is Cc1ccc(-n2nnn([C@@H]3CC(=O)[C@H]4OC[C@@H]3O4)c2=S)cc1. The second-order valence-electron chi connectivity index (χ2n) is 5.53. The monoisotopic (exact) mass is 318 g/mol. The normalized spacial score (nSPS) is 27.3. The molecule has 2 bridgehead atoms. The molecule has 0 spiro atoms. The fourth-order valence-corrected chi connectivity index (χ4v) is 3.09. The standard InChI is InChI=1S/C14H14N4O3S/c1-8-2-4-9(5-3-8)17-14(22)18(16-15-17)10-6-11(19)13-20-7-12(10)21-13/h2-5,10,12-13H,6-7H2,1H3/t10-,12+,13+/m1/s1. The highest BCUT2D eigenvalue weighted by molar-refractivity contribution is 7.71. The van der Waals surface area contributed by atoms with Gasteiger partial charge >= 0.3 is 0 Å². The summed E-state index contributed by atoms with van der Waals surface area (Å²) in [6.07, 6.45) is -0.629. The van der Waals surface area contributed by atoms with Gasteiger partial charge in [-0.3, -0.25) is 4.79 Å². The second-order valence-corrected chi connectivity index (χ2v) is 5.90. The molecule has 3 atom stereocenters. The maximum Gasteiger partial charge on any atom is 0.221 e. The zero-order valence-corrected chi connectivity index (χ0v) is 12.7. The Balaban J connectivity index is 1.71. The fraction of sp³-hybridized carbons (Fsp3) is 0.429. The Labute approximate surface area is 131 Å². The number of ether oxygens (including phenoxy) is 2. The van der Waals surface area contributed by atoms with E-state index in [0.29, 0.717) is 17.8 Å². The smallest absolute Gasteiger partial charge is 0.221 e. The van der Waals surface area contributed by atoms with Crippen molar-refractivity contribution >= 4 is 18.0 Å². The highest BCUT2D eigenvalue weighted by Gasteiger charge is 2.45. The molecular formula is C14H14N4O3S. The number of carbonyl (C=O) groups excluding carboxylic acids is 1. The lowest BCUT2D eigenvalue weighted by Gasteiger charge is -2.25. The lowest BCUT2D eigenvalue weighted by Crippen LogP contribution is -2.37. The molecule has 8 heteroatoms. The highest BCUT2D eigenvalue weighted by Crippen LogP contribution is 2.32. The number of hydrogen-bond donors (Lipinski definition) is 0. The Morgan fingerprint density at radius 1 is 1.27 bits per heavy atom. The van der Waals surface area contributed by atoms with Crippen LogP contribution in [-0.4, -0.2) is 44.6 Å².